The van der Waals surface area contributed by atoms with Gasteiger partial charge >= 0.3 is 5.97 Å². The predicted octanol–water partition coefficient (Wildman–Crippen LogP) is 4.65. The Morgan fingerprint density at radius 3 is 2.62 bits per heavy atom. The summed E-state index contributed by atoms with van der Waals surface area (Å²) in [5.74, 6) is -3.51. The molecule has 0 aliphatic rings. The summed E-state index contributed by atoms with van der Waals surface area (Å²) >= 11 is 2.85. The third-order valence-corrected chi connectivity index (χ3v) is 4.34. The van der Waals surface area contributed by atoms with Gasteiger partial charge in [-0.25, -0.2) is 22.9 Å². The molecule has 2 aromatic carbocycles. The molecule has 0 amide bonds. The molecule has 0 spiro atoms. The lowest BCUT2D eigenvalue weighted by Gasteiger charge is -2.10. The average Bonchev–Trinajstić information content (AvgIpc) is 2.95. The molecule has 0 atom stereocenters. The molecular formula is C17H11BrF4N2O2. The van der Waals surface area contributed by atoms with Crippen molar-refractivity contribution in [3.8, 4) is 0 Å². The van der Waals surface area contributed by atoms with Crippen LogP contribution in [-0.2, 0) is 11.2 Å². The number of aromatic amines is 1. The number of carbonyl (C=O) groups excluding carboxylic acids is 1. The standard InChI is InChI=1S/C17H11BrF4N2O2/c1-2-26-16(25)9-5-13-15(24-17(22)23-13)8(14(9)21)3-7-4-12(20)10(18)6-11(7)19/h4-6H,2-3H2,1H3,(H,23,24). The van der Waals surface area contributed by atoms with Gasteiger partial charge in [-0.1, -0.05) is 0 Å². The number of aromatic nitrogens is 2. The second-order valence-electron chi connectivity index (χ2n) is 5.40. The van der Waals surface area contributed by atoms with Gasteiger partial charge in [0.1, 0.15) is 17.5 Å². The van der Waals surface area contributed by atoms with E-state index in [1.54, 1.807) is 6.92 Å². The summed E-state index contributed by atoms with van der Waals surface area (Å²) in [4.78, 5) is 17.8. The van der Waals surface area contributed by atoms with Gasteiger partial charge in [0.2, 0.25) is 0 Å². The molecule has 136 valence electrons. The number of nitrogens with one attached hydrogen (secondary N) is 1. The number of ether oxygens (including phenoxy) is 1. The molecule has 4 nitrogen and oxygen atoms in total. The number of H-pyrrole nitrogens is 1. The smallest absolute Gasteiger partial charge is 0.341 e. The monoisotopic (exact) mass is 430 g/mol. The Kier molecular flexibility index (Phi) is 4.99. The van der Waals surface area contributed by atoms with Gasteiger partial charge in [-0.3, -0.25) is 0 Å². The van der Waals surface area contributed by atoms with Gasteiger partial charge in [0.15, 0.2) is 0 Å². The molecule has 0 aliphatic carbocycles. The SMILES string of the molecule is CCOC(=O)c1cc2[nH]c(F)nc2c(Cc2cc(F)c(Br)cc2F)c1F. The van der Waals surface area contributed by atoms with E-state index >= 15 is 0 Å². The lowest BCUT2D eigenvalue weighted by molar-refractivity contribution is 0.0521. The summed E-state index contributed by atoms with van der Waals surface area (Å²) in [6, 6.07) is 2.87. The Morgan fingerprint density at radius 2 is 1.92 bits per heavy atom. The lowest BCUT2D eigenvalue weighted by Crippen LogP contribution is -2.10. The maximum absolute atomic E-state index is 14.9. The van der Waals surface area contributed by atoms with Crippen LogP contribution in [0.3, 0.4) is 0 Å². The Labute approximate surface area is 153 Å². The first-order chi connectivity index (χ1) is 12.3. The fraction of sp³-hybridized carbons (Fsp3) is 0.176. The minimum absolute atomic E-state index is 0.00946. The van der Waals surface area contributed by atoms with Crippen molar-refractivity contribution in [2.75, 3.05) is 6.61 Å². The van der Waals surface area contributed by atoms with Crippen LogP contribution in [0.15, 0.2) is 22.7 Å². The van der Waals surface area contributed by atoms with Crippen molar-refractivity contribution >= 4 is 32.9 Å². The molecule has 1 aromatic heterocycles. The summed E-state index contributed by atoms with van der Waals surface area (Å²) in [7, 11) is 0. The quantitative estimate of drug-likeness (QED) is 0.372. The Bertz CT molecular complexity index is 1020. The van der Waals surface area contributed by atoms with Crippen molar-refractivity contribution < 1.29 is 27.1 Å². The molecule has 3 aromatic rings. The number of hydrogen-bond donors (Lipinski definition) is 1. The number of hydrogen-bond acceptors (Lipinski definition) is 3. The maximum atomic E-state index is 14.9. The molecule has 9 heteroatoms. The number of carbonyl (C=O) groups is 1. The first-order valence-corrected chi connectivity index (χ1v) is 8.28. The zero-order valence-corrected chi connectivity index (χ0v) is 14.9. The molecule has 0 saturated heterocycles. The van der Waals surface area contributed by atoms with Crippen molar-refractivity contribution in [2.45, 2.75) is 13.3 Å². The third kappa shape index (κ3) is 3.31. The van der Waals surface area contributed by atoms with E-state index in [4.69, 9.17) is 4.74 Å². The Balaban J connectivity index is 2.19. The Morgan fingerprint density at radius 1 is 1.19 bits per heavy atom. The van der Waals surface area contributed by atoms with Crippen molar-refractivity contribution in [2.24, 2.45) is 0 Å². The predicted molar refractivity (Wildman–Crippen MR) is 88.8 cm³/mol. The topological polar surface area (TPSA) is 55.0 Å². The number of nitrogens with zero attached hydrogens (tertiary/aromatic N) is 1. The van der Waals surface area contributed by atoms with Crippen LogP contribution >= 0.6 is 15.9 Å². The normalized spacial score (nSPS) is 11.2. The molecule has 0 saturated carbocycles. The fourth-order valence-corrected chi connectivity index (χ4v) is 2.89. The van der Waals surface area contributed by atoms with E-state index in [9.17, 15) is 22.4 Å². The van der Waals surface area contributed by atoms with Gasteiger partial charge in [0, 0.05) is 12.0 Å². The van der Waals surface area contributed by atoms with Crippen LogP contribution in [0.25, 0.3) is 11.0 Å². The highest BCUT2D eigenvalue weighted by Gasteiger charge is 2.23. The van der Waals surface area contributed by atoms with Crippen LogP contribution in [0, 0.1) is 23.5 Å². The average molecular weight is 431 g/mol. The Hall–Kier alpha value is -2.42. The van der Waals surface area contributed by atoms with Crippen LogP contribution in [0.5, 0.6) is 0 Å². The highest BCUT2D eigenvalue weighted by molar-refractivity contribution is 9.10. The molecule has 0 fully saturated rings. The van der Waals surface area contributed by atoms with E-state index in [2.05, 4.69) is 25.9 Å². The third-order valence-electron chi connectivity index (χ3n) is 3.73. The number of imidazole rings is 1. The van der Waals surface area contributed by atoms with Crippen LogP contribution in [-0.4, -0.2) is 22.5 Å². The molecule has 0 aliphatic heterocycles. The summed E-state index contributed by atoms with van der Waals surface area (Å²) in [6.07, 6.45) is -1.43. The molecule has 26 heavy (non-hydrogen) atoms. The number of fused-ring (bicyclic) bond motifs is 1. The summed E-state index contributed by atoms with van der Waals surface area (Å²) in [5, 5.41) is 0. The molecule has 1 heterocycles. The fourth-order valence-electron chi connectivity index (χ4n) is 2.57. The van der Waals surface area contributed by atoms with Crippen LogP contribution in [0.2, 0.25) is 0 Å². The van der Waals surface area contributed by atoms with Crippen LogP contribution < -0.4 is 0 Å². The first kappa shape index (κ1) is 18.4. The second-order valence-corrected chi connectivity index (χ2v) is 6.25. The van der Waals surface area contributed by atoms with E-state index in [0.717, 1.165) is 18.2 Å². The van der Waals surface area contributed by atoms with Crippen molar-refractivity contribution in [3.63, 3.8) is 0 Å². The van der Waals surface area contributed by atoms with Crippen molar-refractivity contribution in [1.29, 1.82) is 0 Å². The van der Waals surface area contributed by atoms with E-state index in [-0.39, 0.29) is 33.2 Å². The second kappa shape index (κ2) is 7.06. The summed E-state index contributed by atoms with van der Waals surface area (Å²) < 4.78 is 60.9. The van der Waals surface area contributed by atoms with E-state index in [1.807, 2.05) is 0 Å². The van der Waals surface area contributed by atoms with Gasteiger partial charge in [-0.2, -0.15) is 4.39 Å². The molecule has 0 bridgehead atoms. The molecule has 1 N–H and O–H groups in total. The van der Waals surface area contributed by atoms with Gasteiger partial charge in [-0.15, -0.1) is 0 Å². The molecule has 0 radical (unpaired) electrons. The molecule has 3 rings (SSSR count). The van der Waals surface area contributed by atoms with E-state index in [0.29, 0.717) is 0 Å². The number of esters is 1. The number of halogens is 5. The van der Waals surface area contributed by atoms with Gasteiger partial charge in [0.25, 0.3) is 6.08 Å². The molecular weight excluding hydrogens is 420 g/mol. The minimum atomic E-state index is -1.02. The first-order valence-electron chi connectivity index (χ1n) is 7.49. The zero-order chi connectivity index (χ0) is 19.0. The molecule has 0 unspecified atom stereocenters. The maximum Gasteiger partial charge on any atom is 0.341 e. The zero-order valence-electron chi connectivity index (χ0n) is 13.3. The summed E-state index contributed by atoms with van der Waals surface area (Å²) in [6.45, 7) is 1.56. The van der Waals surface area contributed by atoms with Gasteiger partial charge in [-0.05, 0) is 46.6 Å². The van der Waals surface area contributed by atoms with Gasteiger partial charge in [0.05, 0.1) is 27.7 Å². The van der Waals surface area contributed by atoms with Gasteiger partial charge < -0.3 is 9.72 Å². The lowest BCUT2D eigenvalue weighted by atomic mass is 9.99. The van der Waals surface area contributed by atoms with E-state index < -0.39 is 41.5 Å². The van der Waals surface area contributed by atoms with Crippen molar-refractivity contribution in [1.82, 2.24) is 9.97 Å². The van der Waals surface area contributed by atoms with Crippen LogP contribution in [0.4, 0.5) is 17.6 Å². The van der Waals surface area contributed by atoms with Crippen molar-refractivity contribution in [3.05, 3.63) is 62.9 Å². The number of benzene rings is 2. The summed E-state index contributed by atoms with van der Waals surface area (Å²) in [5.41, 5.74) is -0.937. The highest BCUT2D eigenvalue weighted by Crippen LogP contribution is 2.29. The highest BCUT2D eigenvalue weighted by atomic mass is 79.9. The van der Waals surface area contributed by atoms with Crippen LogP contribution in [0.1, 0.15) is 28.4 Å². The largest absolute Gasteiger partial charge is 0.462 e. The minimum Gasteiger partial charge on any atom is -0.462 e. The van der Waals surface area contributed by atoms with E-state index in [1.165, 1.54) is 0 Å². The number of rotatable bonds is 4.